The molecule has 0 saturated heterocycles. The predicted molar refractivity (Wildman–Crippen MR) is 29.8 cm³/mol. The lowest BCUT2D eigenvalue weighted by Gasteiger charge is -2.29. The van der Waals surface area contributed by atoms with Gasteiger partial charge >= 0.3 is 12.1 Å². The first-order valence-corrected chi connectivity index (χ1v) is 2.65. The lowest BCUT2D eigenvalue weighted by Crippen LogP contribution is -2.50. The molecule has 0 N–H and O–H groups in total. The molecule has 0 aromatic heterocycles. The molecule has 0 radical (unpaired) electrons. The minimum Gasteiger partial charge on any atom is -0.324 e. The van der Waals surface area contributed by atoms with Crippen LogP contribution in [-0.2, 0) is 14.2 Å². The van der Waals surface area contributed by atoms with Gasteiger partial charge in [-0.25, -0.2) is 0 Å². The molecule has 6 heteroatoms. The third-order valence-electron chi connectivity index (χ3n) is 1.15. The van der Waals surface area contributed by atoms with Gasteiger partial charge in [0, 0.05) is 21.3 Å². The summed E-state index contributed by atoms with van der Waals surface area (Å²) in [7, 11) is 2.54. The molecule has 11 heavy (non-hydrogen) atoms. The van der Waals surface area contributed by atoms with Crippen molar-refractivity contribution in [3.8, 4) is 0 Å². The van der Waals surface area contributed by atoms with E-state index in [4.69, 9.17) is 0 Å². The molecule has 0 aliphatic heterocycles. The quantitative estimate of drug-likeness (QED) is 0.600. The van der Waals surface area contributed by atoms with Crippen molar-refractivity contribution < 1.29 is 27.4 Å². The second kappa shape index (κ2) is 3.38. The molecule has 0 bridgehead atoms. The summed E-state index contributed by atoms with van der Waals surface area (Å²) < 4.78 is 48.1. The fourth-order valence-electron chi connectivity index (χ4n) is 0.597. The first-order chi connectivity index (χ1) is 4.93. The molecule has 0 spiro atoms. The third kappa shape index (κ3) is 1.82. The Hall–Kier alpha value is -0.330. The highest BCUT2D eigenvalue weighted by Crippen LogP contribution is 2.34. The van der Waals surface area contributed by atoms with E-state index < -0.39 is 12.1 Å². The van der Waals surface area contributed by atoms with Crippen LogP contribution in [0, 0.1) is 0 Å². The van der Waals surface area contributed by atoms with E-state index in [1.54, 1.807) is 0 Å². The van der Waals surface area contributed by atoms with Crippen molar-refractivity contribution in [1.29, 1.82) is 0 Å². The average molecular weight is 174 g/mol. The molecule has 0 aromatic rings. The fourth-order valence-corrected chi connectivity index (χ4v) is 0.597. The number of hydrogen-bond donors (Lipinski definition) is 0. The zero-order chi connectivity index (χ0) is 9.12. The van der Waals surface area contributed by atoms with Crippen LogP contribution in [0.5, 0.6) is 0 Å². The summed E-state index contributed by atoms with van der Waals surface area (Å²) in [5.41, 5.74) is 0. The van der Waals surface area contributed by atoms with Crippen molar-refractivity contribution in [1.82, 2.24) is 0 Å². The van der Waals surface area contributed by atoms with Gasteiger partial charge in [-0.1, -0.05) is 0 Å². The Kier molecular flexibility index (Phi) is 3.28. The molecule has 0 rings (SSSR count). The molecule has 0 amide bonds. The van der Waals surface area contributed by atoms with E-state index >= 15 is 0 Å². The second-order valence-electron chi connectivity index (χ2n) is 1.67. The Morgan fingerprint density at radius 1 is 0.818 bits per heavy atom. The maximum absolute atomic E-state index is 12.0. The smallest absolute Gasteiger partial charge is 0.324 e. The molecule has 3 nitrogen and oxygen atoms in total. The van der Waals surface area contributed by atoms with E-state index in [1.807, 2.05) is 0 Å². The highest BCUT2D eigenvalue weighted by molar-refractivity contribution is 4.65. The van der Waals surface area contributed by atoms with Gasteiger partial charge in [0.25, 0.3) is 0 Å². The molecule has 0 fully saturated rings. The van der Waals surface area contributed by atoms with Crippen LogP contribution < -0.4 is 0 Å². The van der Waals surface area contributed by atoms with Gasteiger partial charge < -0.3 is 14.2 Å². The van der Waals surface area contributed by atoms with Gasteiger partial charge in [0.15, 0.2) is 0 Å². The highest BCUT2D eigenvalue weighted by Gasteiger charge is 2.58. The van der Waals surface area contributed by atoms with Crippen molar-refractivity contribution in [3.05, 3.63) is 0 Å². The summed E-state index contributed by atoms with van der Waals surface area (Å²) in [6.07, 6.45) is -4.70. The predicted octanol–water partition coefficient (Wildman–Crippen LogP) is 1.14. The Balaban J connectivity index is 4.54. The van der Waals surface area contributed by atoms with E-state index in [2.05, 4.69) is 14.2 Å². The van der Waals surface area contributed by atoms with Crippen LogP contribution in [0.3, 0.4) is 0 Å². The van der Waals surface area contributed by atoms with Gasteiger partial charge in [0.2, 0.25) is 0 Å². The molecular formula is C5H9F3O3. The maximum atomic E-state index is 12.0. The minimum absolute atomic E-state index is 0.848. The summed E-state index contributed by atoms with van der Waals surface area (Å²) in [4.78, 5) is 0. The Labute approximate surface area is 62.0 Å². The number of rotatable bonds is 3. The fraction of sp³-hybridized carbons (Fsp3) is 1.00. The van der Waals surface area contributed by atoms with Gasteiger partial charge in [-0.15, -0.1) is 0 Å². The lowest BCUT2D eigenvalue weighted by atomic mass is 10.5. The van der Waals surface area contributed by atoms with Gasteiger partial charge in [-0.3, -0.25) is 0 Å². The zero-order valence-corrected chi connectivity index (χ0v) is 6.36. The first kappa shape index (κ1) is 10.7. The number of ether oxygens (including phenoxy) is 3. The van der Waals surface area contributed by atoms with Crippen LogP contribution in [0.15, 0.2) is 0 Å². The maximum Gasteiger partial charge on any atom is 0.473 e. The summed E-state index contributed by atoms with van der Waals surface area (Å²) in [5.74, 6) is -2.94. The molecule has 68 valence electrons. The van der Waals surface area contributed by atoms with Crippen LogP contribution in [-0.4, -0.2) is 33.5 Å². The Bertz CT molecular complexity index is 110. The monoisotopic (exact) mass is 174 g/mol. The average Bonchev–Trinajstić information content (AvgIpc) is 1.90. The SMILES string of the molecule is COC(OC)(OC)C(F)(F)F. The van der Waals surface area contributed by atoms with Crippen LogP contribution in [0.4, 0.5) is 13.2 Å². The summed E-state index contributed by atoms with van der Waals surface area (Å²) in [5, 5.41) is 0. The summed E-state index contributed by atoms with van der Waals surface area (Å²) in [6, 6.07) is 0. The van der Waals surface area contributed by atoms with E-state index in [-0.39, 0.29) is 0 Å². The van der Waals surface area contributed by atoms with Gasteiger partial charge in [-0.2, -0.15) is 13.2 Å². The molecule has 0 heterocycles. The first-order valence-electron chi connectivity index (χ1n) is 2.65. The van der Waals surface area contributed by atoms with E-state index in [0.29, 0.717) is 0 Å². The van der Waals surface area contributed by atoms with E-state index in [9.17, 15) is 13.2 Å². The van der Waals surface area contributed by atoms with Gasteiger partial charge in [-0.05, 0) is 0 Å². The molecule has 0 aliphatic carbocycles. The molecule has 0 aromatic carbocycles. The van der Waals surface area contributed by atoms with Crippen molar-refractivity contribution in [2.24, 2.45) is 0 Å². The number of halogens is 3. The van der Waals surface area contributed by atoms with E-state index in [0.717, 1.165) is 21.3 Å². The summed E-state index contributed by atoms with van der Waals surface area (Å²) in [6.45, 7) is 0. The Morgan fingerprint density at radius 3 is 1.09 bits per heavy atom. The largest absolute Gasteiger partial charge is 0.473 e. The number of methoxy groups -OCH3 is 3. The van der Waals surface area contributed by atoms with Crippen molar-refractivity contribution in [2.75, 3.05) is 21.3 Å². The normalized spacial score (nSPS) is 13.6. The van der Waals surface area contributed by atoms with Crippen LogP contribution >= 0.6 is 0 Å². The van der Waals surface area contributed by atoms with Gasteiger partial charge in [0.1, 0.15) is 0 Å². The molecular weight excluding hydrogens is 165 g/mol. The number of hydrogen-bond acceptors (Lipinski definition) is 3. The topological polar surface area (TPSA) is 27.7 Å². The molecule has 0 unspecified atom stereocenters. The van der Waals surface area contributed by atoms with Crippen molar-refractivity contribution in [2.45, 2.75) is 12.1 Å². The number of alkyl halides is 3. The van der Waals surface area contributed by atoms with Crippen molar-refractivity contribution >= 4 is 0 Å². The van der Waals surface area contributed by atoms with Crippen LogP contribution in [0.2, 0.25) is 0 Å². The van der Waals surface area contributed by atoms with E-state index in [1.165, 1.54) is 0 Å². The summed E-state index contributed by atoms with van der Waals surface area (Å²) >= 11 is 0. The molecule has 0 aliphatic rings. The second-order valence-corrected chi connectivity index (χ2v) is 1.67. The minimum atomic E-state index is -4.70. The van der Waals surface area contributed by atoms with Crippen LogP contribution in [0.1, 0.15) is 0 Å². The van der Waals surface area contributed by atoms with Crippen molar-refractivity contribution in [3.63, 3.8) is 0 Å². The highest BCUT2D eigenvalue weighted by atomic mass is 19.4. The third-order valence-corrected chi connectivity index (χ3v) is 1.15. The van der Waals surface area contributed by atoms with Gasteiger partial charge in [0.05, 0.1) is 0 Å². The van der Waals surface area contributed by atoms with Crippen LogP contribution in [0.25, 0.3) is 0 Å². The zero-order valence-electron chi connectivity index (χ0n) is 6.36. The standard InChI is InChI=1S/C5H9F3O3/c1-9-5(10-2,11-3)4(6,7)8/h1-3H3. The molecule has 0 atom stereocenters. The molecule has 0 saturated carbocycles. The Morgan fingerprint density at radius 2 is 1.09 bits per heavy atom. The lowest BCUT2D eigenvalue weighted by molar-refractivity contribution is -0.464.